The number of carbonyl (C=O) groups is 2. The van der Waals surface area contributed by atoms with Crippen LogP contribution in [0.4, 0.5) is 0 Å². The Hall–Kier alpha value is -4.39. The van der Waals surface area contributed by atoms with Crippen molar-refractivity contribution in [2.75, 3.05) is 6.54 Å². The van der Waals surface area contributed by atoms with E-state index < -0.39 is 0 Å². The van der Waals surface area contributed by atoms with Crippen LogP contribution >= 0.6 is 0 Å². The molecule has 4 aromatic rings. The third kappa shape index (κ3) is 5.18. The van der Waals surface area contributed by atoms with Gasteiger partial charge in [-0.1, -0.05) is 42.5 Å². The summed E-state index contributed by atoms with van der Waals surface area (Å²) in [6.07, 6.45) is 6.20. The summed E-state index contributed by atoms with van der Waals surface area (Å²) in [6.45, 7) is 1.28. The molecule has 6 rings (SSSR count). The molecule has 0 spiro atoms. The first kappa shape index (κ1) is 24.0. The highest BCUT2D eigenvalue weighted by atomic mass is 16.5. The van der Waals surface area contributed by atoms with Gasteiger partial charge in [-0.2, -0.15) is 0 Å². The highest BCUT2D eigenvalue weighted by Crippen LogP contribution is 2.41. The molecule has 0 saturated heterocycles. The van der Waals surface area contributed by atoms with Gasteiger partial charge in [-0.25, -0.2) is 0 Å². The van der Waals surface area contributed by atoms with Crippen LogP contribution in [-0.4, -0.2) is 28.2 Å². The summed E-state index contributed by atoms with van der Waals surface area (Å²) >= 11 is 0. The number of hydrogen-bond donors (Lipinski definition) is 1. The molecular formula is C31H29N3O4. The lowest BCUT2D eigenvalue weighted by atomic mass is 9.87. The van der Waals surface area contributed by atoms with Crippen molar-refractivity contribution < 1.29 is 18.7 Å². The normalized spacial score (nSPS) is 16.5. The number of furan rings is 1. The van der Waals surface area contributed by atoms with Crippen LogP contribution in [-0.2, 0) is 24.4 Å². The fourth-order valence-corrected chi connectivity index (χ4v) is 4.98. The van der Waals surface area contributed by atoms with Gasteiger partial charge in [0.15, 0.2) is 5.76 Å². The van der Waals surface area contributed by atoms with Gasteiger partial charge >= 0.3 is 0 Å². The number of fused-ring (bicyclic) bond motifs is 1. The molecule has 1 unspecified atom stereocenters. The topological polar surface area (TPSA) is 84.7 Å². The van der Waals surface area contributed by atoms with Crippen LogP contribution in [0.2, 0.25) is 0 Å². The molecule has 1 atom stereocenters. The zero-order chi connectivity index (χ0) is 25.9. The van der Waals surface area contributed by atoms with E-state index in [0.29, 0.717) is 18.1 Å². The van der Waals surface area contributed by atoms with Crippen LogP contribution in [0.5, 0.6) is 5.75 Å². The summed E-state index contributed by atoms with van der Waals surface area (Å²) < 4.78 is 11.8. The van der Waals surface area contributed by atoms with Crippen molar-refractivity contribution in [1.82, 2.24) is 15.2 Å². The molecule has 1 saturated carbocycles. The summed E-state index contributed by atoms with van der Waals surface area (Å²) in [6, 6.07) is 23.3. The van der Waals surface area contributed by atoms with Crippen molar-refractivity contribution in [3.05, 3.63) is 119 Å². The minimum absolute atomic E-state index is 0.129. The lowest BCUT2D eigenvalue weighted by Crippen LogP contribution is -2.41. The first-order chi connectivity index (χ1) is 18.7. The molecule has 2 aromatic heterocycles. The maximum absolute atomic E-state index is 13.2. The number of hydrogen-bond acceptors (Lipinski definition) is 5. The van der Waals surface area contributed by atoms with Crippen molar-refractivity contribution in [2.45, 2.75) is 38.5 Å². The molecule has 1 aliphatic heterocycles. The quantitative estimate of drug-likeness (QED) is 0.360. The number of amides is 2. The average Bonchev–Trinajstić information content (AvgIpc) is 3.71. The zero-order valence-electron chi connectivity index (χ0n) is 21.0. The largest absolute Gasteiger partial charge is 0.486 e. The number of benzene rings is 2. The van der Waals surface area contributed by atoms with Crippen LogP contribution in [0.25, 0.3) is 0 Å². The molecule has 192 valence electrons. The fraction of sp³-hybridized carbons (Fsp3) is 0.258. The van der Waals surface area contributed by atoms with Gasteiger partial charge in [0.1, 0.15) is 18.1 Å². The van der Waals surface area contributed by atoms with Gasteiger partial charge in [0.25, 0.3) is 5.91 Å². The molecular weight excluding hydrogens is 478 g/mol. The van der Waals surface area contributed by atoms with Crippen molar-refractivity contribution in [2.24, 2.45) is 5.92 Å². The molecule has 7 nitrogen and oxygen atoms in total. The number of rotatable bonds is 8. The van der Waals surface area contributed by atoms with Gasteiger partial charge in [0.05, 0.1) is 6.04 Å². The van der Waals surface area contributed by atoms with Gasteiger partial charge in [0, 0.05) is 31.4 Å². The summed E-state index contributed by atoms with van der Waals surface area (Å²) in [7, 11) is 0. The number of nitrogens with zero attached hydrogens (tertiary/aromatic N) is 2. The fourth-order valence-electron chi connectivity index (χ4n) is 4.98. The third-order valence-corrected chi connectivity index (χ3v) is 7.11. The number of nitrogens with one attached hydrogen (secondary N) is 1. The van der Waals surface area contributed by atoms with E-state index in [2.05, 4.69) is 28.5 Å². The molecule has 1 N–H and O–H groups in total. The van der Waals surface area contributed by atoms with Crippen LogP contribution in [0, 0.1) is 5.92 Å². The Balaban J connectivity index is 1.16. The van der Waals surface area contributed by atoms with E-state index >= 15 is 0 Å². The monoisotopic (exact) mass is 507 g/mol. The molecule has 38 heavy (non-hydrogen) atoms. The Morgan fingerprint density at radius 2 is 1.89 bits per heavy atom. The molecule has 3 heterocycles. The van der Waals surface area contributed by atoms with E-state index in [1.165, 1.54) is 5.56 Å². The van der Waals surface area contributed by atoms with Gasteiger partial charge in [0.2, 0.25) is 5.91 Å². The van der Waals surface area contributed by atoms with Gasteiger partial charge in [-0.15, -0.1) is 0 Å². The molecule has 2 aromatic carbocycles. The van der Waals surface area contributed by atoms with Gasteiger partial charge in [-0.05, 0) is 71.8 Å². The second-order valence-electron chi connectivity index (χ2n) is 9.83. The van der Waals surface area contributed by atoms with Crippen LogP contribution in [0.15, 0.2) is 89.6 Å². The highest BCUT2D eigenvalue weighted by molar-refractivity contribution is 5.91. The number of carbonyl (C=O) groups excluding carboxylic acids is 2. The molecule has 1 fully saturated rings. The number of pyridine rings is 1. The maximum atomic E-state index is 13.2. The Morgan fingerprint density at radius 3 is 2.68 bits per heavy atom. The first-order valence-corrected chi connectivity index (χ1v) is 13.0. The Bertz CT molecular complexity index is 1430. The molecule has 0 radical (unpaired) electrons. The third-order valence-electron chi connectivity index (χ3n) is 7.11. The van der Waals surface area contributed by atoms with Crippen LogP contribution < -0.4 is 10.1 Å². The first-order valence-electron chi connectivity index (χ1n) is 13.0. The molecule has 7 heteroatoms. The number of ether oxygens (including phenoxy) is 1. The van der Waals surface area contributed by atoms with Crippen molar-refractivity contribution in [3.8, 4) is 5.75 Å². The molecule has 0 bridgehead atoms. The lowest BCUT2D eigenvalue weighted by Gasteiger charge is -2.38. The van der Waals surface area contributed by atoms with Crippen LogP contribution in [0.1, 0.15) is 57.5 Å². The Labute approximate surface area is 221 Å². The summed E-state index contributed by atoms with van der Waals surface area (Å²) in [5.74, 6) is 1.61. The minimum atomic E-state index is -0.292. The lowest BCUT2D eigenvalue weighted by molar-refractivity contribution is -0.134. The van der Waals surface area contributed by atoms with Gasteiger partial charge in [-0.3, -0.25) is 14.6 Å². The molecule has 2 amide bonds. The average molecular weight is 508 g/mol. The van der Waals surface area contributed by atoms with Gasteiger partial charge < -0.3 is 19.4 Å². The second-order valence-corrected chi connectivity index (χ2v) is 9.83. The molecule has 2 aliphatic rings. The van der Waals surface area contributed by atoms with E-state index in [-0.39, 0.29) is 36.1 Å². The minimum Gasteiger partial charge on any atom is -0.486 e. The summed E-state index contributed by atoms with van der Waals surface area (Å²) in [5, 5.41) is 2.84. The summed E-state index contributed by atoms with van der Waals surface area (Å²) in [5.41, 5.74) is 4.35. The SMILES string of the molecule is O=C(NCc1cccnc1)c1ccc(COc2ccc3c(c2)C(c2ccccc2)N(C(=O)C2CC2)CC3)o1. The van der Waals surface area contributed by atoms with Crippen molar-refractivity contribution in [3.63, 3.8) is 0 Å². The number of aromatic nitrogens is 1. The predicted octanol–water partition coefficient (Wildman–Crippen LogP) is 5.07. The smallest absolute Gasteiger partial charge is 0.287 e. The predicted molar refractivity (Wildman–Crippen MR) is 141 cm³/mol. The van der Waals surface area contributed by atoms with E-state index in [0.717, 1.165) is 42.5 Å². The Kier molecular flexibility index (Phi) is 6.65. The highest BCUT2D eigenvalue weighted by Gasteiger charge is 2.39. The standard InChI is InChI=1S/C31H29N3O4/c35-30(33-19-21-5-4-15-32-18-21)28-13-12-26(38-28)20-37-25-11-10-22-14-16-34(31(36)24-8-9-24)29(27(22)17-25)23-6-2-1-3-7-23/h1-7,10-13,15,17-18,24,29H,8-9,14,16,19-20H2,(H,33,35). The van der Waals surface area contributed by atoms with E-state index in [4.69, 9.17) is 9.15 Å². The second kappa shape index (κ2) is 10.5. The maximum Gasteiger partial charge on any atom is 0.287 e. The van der Waals surface area contributed by atoms with E-state index in [9.17, 15) is 9.59 Å². The van der Waals surface area contributed by atoms with Crippen LogP contribution in [0.3, 0.4) is 0 Å². The van der Waals surface area contributed by atoms with E-state index in [1.54, 1.807) is 24.5 Å². The van der Waals surface area contributed by atoms with Crippen molar-refractivity contribution >= 4 is 11.8 Å². The molecule has 1 aliphatic carbocycles. The Morgan fingerprint density at radius 1 is 1.03 bits per heavy atom. The zero-order valence-corrected chi connectivity index (χ0v) is 21.0. The summed E-state index contributed by atoms with van der Waals surface area (Å²) in [4.78, 5) is 31.8. The van der Waals surface area contributed by atoms with Crippen molar-refractivity contribution in [1.29, 1.82) is 0 Å². The van der Waals surface area contributed by atoms with E-state index in [1.807, 2.05) is 47.4 Å².